The van der Waals surface area contributed by atoms with Crippen LogP contribution in [0.3, 0.4) is 0 Å². The molecule has 5 heteroatoms. The summed E-state index contributed by atoms with van der Waals surface area (Å²) in [4.78, 5) is 12.6. The van der Waals surface area contributed by atoms with Gasteiger partial charge in [-0.15, -0.1) is 0 Å². The van der Waals surface area contributed by atoms with Crippen molar-refractivity contribution in [2.45, 2.75) is 55.1 Å². The first-order chi connectivity index (χ1) is 12.5. The van der Waals surface area contributed by atoms with Gasteiger partial charge in [0.2, 0.25) is 5.91 Å². The molecule has 0 spiro atoms. The molecule has 0 bridgehead atoms. The van der Waals surface area contributed by atoms with Crippen LogP contribution in [0.15, 0.2) is 59.5 Å². The van der Waals surface area contributed by atoms with Crippen LogP contribution in [0.1, 0.15) is 50.5 Å². The van der Waals surface area contributed by atoms with Crippen molar-refractivity contribution < 1.29 is 13.2 Å². The topological polar surface area (TPSA) is 63.2 Å². The third-order valence-electron chi connectivity index (χ3n) is 5.07. The number of anilines is 1. The molecule has 0 heterocycles. The van der Waals surface area contributed by atoms with E-state index in [1.54, 1.807) is 24.3 Å². The molecule has 1 atom stereocenters. The Balaban J connectivity index is 1.61. The molecule has 1 aliphatic carbocycles. The molecule has 1 N–H and O–H groups in total. The van der Waals surface area contributed by atoms with Gasteiger partial charge in [-0.25, -0.2) is 8.42 Å². The lowest BCUT2D eigenvalue weighted by atomic mass is 9.97. The van der Waals surface area contributed by atoms with E-state index in [9.17, 15) is 13.2 Å². The lowest BCUT2D eigenvalue weighted by molar-refractivity contribution is -0.116. The highest BCUT2D eigenvalue weighted by molar-refractivity contribution is 7.92. The summed E-state index contributed by atoms with van der Waals surface area (Å²) in [5.74, 6) is 0.0472. The van der Waals surface area contributed by atoms with Gasteiger partial charge in [-0.05, 0) is 48.6 Å². The van der Waals surface area contributed by atoms with Crippen LogP contribution in [0.2, 0.25) is 0 Å². The van der Waals surface area contributed by atoms with Gasteiger partial charge >= 0.3 is 0 Å². The number of hydrogen-bond acceptors (Lipinski definition) is 3. The molecular weight excluding hydrogens is 346 g/mol. The molecule has 2 aromatic rings. The second-order valence-electron chi connectivity index (χ2n) is 7.04. The molecule has 138 valence electrons. The number of benzene rings is 2. The van der Waals surface area contributed by atoms with Crippen molar-refractivity contribution in [3.8, 4) is 0 Å². The second kappa shape index (κ2) is 8.04. The SMILES string of the molecule is CC(CC(=O)Nc1ccc(S(=O)(=O)C2CCCC2)cc1)c1ccccc1. The molecule has 0 saturated heterocycles. The number of amides is 1. The second-order valence-corrected chi connectivity index (χ2v) is 9.27. The number of carbonyl (C=O) groups is 1. The van der Waals surface area contributed by atoms with Gasteiger partial charge in [-0.1, -0.05) is 50.1 Å². The number of hydrogen-bond donors (Lipinski definition) is 1. The summed E-state index contributed by atoms with van der Waals surface area (Å²) in [6.45, 7) is 2.02. The Labute approximate surface area is 155 Å². The maximum absolute atomic E-state index is 12.6. The minimum Gasteiger partial charge on any atom is -0.326 e. The van der Waals surface area contributed by atoms with E-state index in [-0.39, 0.29) is 17.1 Å². The largest absolute Gasteiger partial charge is 0.326 e. The van der Waals surface area contributed by atoms with Crippen LogP contribution in [-0.2, 0) is 14.6 Å². The number of sulfone groups is 1. The molecule has 0 aliphatic heterocycles. The number of rotatable bonds is 6. The number of nitrogens with one attached hydrogen (secondary N) is 1. The lowest BCUT2D eigenvalue weighted by Gasteiger charge is -2.13. The Morgan fingerprint density at radius 2 is 1.65 bits per heavy atom. The molecule has 0 radical (unpaired) electrons. The highest BCUT2D eigenvalue weighted by atomic mass is 32.2. The van der Waals surface area contributed by atoms with Crippen molar-refractivity contribution in [1.82, 2.24) is 0 Å². The Kier molecular flexibility index (Phi) is 5.77. The fourth-order valence-corrected chi connectivity index (χ4v) is 5.36. The maximum Gasteiger partial charge on any atom is 0.224 e. The first kappa shape index (κ1) is 18.6. The average Bonchev–Trinajstić information content (AvgIpc) is 3.18. The zero-order valence-corrected chi connectivity index (χ0v) is 15.8. The van der Waals surface area contributed by atoms with Crippen LogP contribution >= 0.6 is 0 Å². The summed E-state index contributed by atoms with van der Waals surface area (Å²) in [7, 11) is -3.25. The minimum atomic E-state index is -3.25. The Bertz CT molecular complexity index is 839. The molecule has 1 unspecified atom stereocenters. The van der Waals surface area contributed by atoms with Gasteiger partial charge in [0.15, 0.2) is 9.84 Å². The molecule has 4 nitrogen and oxygen atoms in total. The predicted octanol–water partition coefficient (Wildman–Crippen LogP) is 4.54. The van der Waals surface area contributed by atoms with Crippen LogP contribution in [-0.4, -0.2) is 19.6 Å². The predicted molar refractivity (Wildman–Crippen MR) is 104 cm³/mol. The molecule has 1 amide bonds. The highest BCUT2D eigenvalue weighted by Gasteiger charge is 2.30. The quantitative estimate of drug-likeness (QED) is 0.811. The smallest absolute Gasteiger partial charge is 0.224 e. The van der Waals surface area contributed by atoms with Gasteiger partial charge in [0.05, 0.1) is 10.1 Å². The molecule has 2 aromatic carbocycles. The summed E-state index contributed by atoms with van der Waals surface area (Å²) in [6.07, 6.45) is 3.85. The van der Waals surface area contributed by atoms with Crippen LogP contribution in [0.25, 0.3) is 0 Å². The molecule has 1 aliphatic rings. The third kappa shape index (κ3) is 4.33. The van der Waals surface area contributed by atoms with Crippen LogP contribution in [0, 0.1) is 0 Å². The Hall–Kier alpha value is -2.14. The third-order valence-corrected chi connectivity index (χ3v) is 7.35. The summed E-state index contributed by atoms with van der Waals surface area (Å²) in [5, 5.41) is 2.60. The molecular formula is C21H25NO3S. The van der Waals surface area contributed by atoms with Gasteiger partial charge in [-0.2, -0.15) is 0 Å². The van der Waals surface area contributed by atoms with Gasteiger partial charge in [0.1, 0.15) is 0 Å². The average molecular weight is 372 g/mol. The number of carbonyl (C=O) groups excluding carboxylic acids is 1. The van der Waals surface area contributed by atoms with Crippen molar-refractivity contribution in [2.75, 3.05) is 5.32 Å². The van der Waals surface area contributed by atoms with E-state index < -0.39 is 9.84 Å². The monoisotopic (exact) mass is 371 g/mol. The Morgan fingerprint density at radius 3 is 2.27 bits per heavy atom. The van der Waals surface area contributed by atoms with Gasteiger partial charge in [0, 0.05) is 12.1 Å². The van der Waals surface area contributed by atoms with Gasteiger partial charge in [0.25, 0.3) is 0 Å². The fourth-order valence-electron chi connectivity index (χ4n) is 3.51. The van der Waals surface area contributed by atoms with E-state index in [1.807, 2.05) is 37.3 Å². The minimum absolute atomic E-state index is 0.0762. The summed E-state index contributed by atoms with van der Waals surface area (Å²) >= 11 is 0. The normalized spacial score (nSPS) is 16.3. The molecule has 26 heavy (non-hydrogen) atoms. The zero-order chi connectivity index (χ0) is 18.6. The van der Waals surface area contributed by atoms with E-state index >= 15 is 0 Å². The lowest BCUT2D eigenvalue weighted by Crippen LogP contribution is -2.18. The van der Waals surface area contributed by atoms with Crippen molar-refractivity contribution in [3.05, 3.63) is 60.2 Å². The standard InChI is InChI=1S/C21H25NO3S/c1-16(17-7-3-2-4-8-17)15-21(23)22-18-11-13-20(14-12-18)26(24,25)19-9-5-6-10-19/h2-4,7-8,11-14,16,19H,5-6,9-10,15H2,1H3,(H,22,23). The Morgan fingerprint density at radius 1 is 1.04 bits per heavy atom. The van der Waals surface area contributed by atoms with E-state index in [0.717, 1.165) is 31.2 Å². The molecule has 0 aromatic heterocycles. The molecule has 3 rings (SSSR count). The van der Waals surface area contributed by atoms with Crippen molar-refractivity contribution in [2.24, 2.45) is 0 Å². The van der Waals surface area contributed by atoms with Crippen molar-refractivity contribution in [1.29, 1.82) is 0 Å². The summed E-state index contributed by atoms with van der Waals surface area (Å²) in [6, 6.07) is 16.5. The summed E-state index contributed by atoms with van der Waals surface area (Å²) in [5.41, 5.74) is 1.75. The molecule has 1 fully saturated rings. The summed E-state index contributed by atoms with van der Waals surface area (Å²) < 4.78 is 25.2. The van der Waals surface area contributed by atoms with E-state index in [0.29, 0.717) is 17.0 Å². The van der Waals surface area contributed by atoms with E-state index in [1.165, 1.54) is 0 Å². The molecule has 1 saturated carbocycles. The first-order valence-electron chi connectivity index (χ1n) is 9.15. The van der Waals surface area contributed by atoms with Crippen LogP contribution in [0.5, 0.6) is 0 Å². The van der Waals surface area contributed by atoms with E-state index in [4.69, 9.17) is 0 Å². The van der Waals surface area contributed by atoms with E-state index in [2.05, 4.69) is 5.32 Å². The zero-order valence-electron chi connectivity index (χ0n) is 15.0. The highest BCUT2D eigenvalue weighted by Crippen LogP contribution is 2.30. The van der Waals surface area contributed by atoms with Crippen molar-refractivity contribution >= 4 is 21.4 Å². The van der Waals surface area contributed by atoms with Crippen LogP contribution < -0.4 is 5.32 Å². The fraction of sp³-hybridized carbons (Fsp3) is 0.381. The van der Waals surface area contributed by atoms with Crippen LogP contribution in [0.4, 0.5) is 5.69 Å². The van der Waals surface area contributed by atoms with Gasteiger partial charge < -0.3 is 5.32 Å². The van der Waals surface area contributed by atoms with Gasteiger partial charge in [-0.3, -0.25) is 4.79 Å². The maximum atomic E-state index is 12.6. The first-order valence-corrected chi connectivity index (χ1v) is 10.7. The van der Waals surface area contributed by atoms with Crippen molar-refractivity contribution in [3.63, 3.8) is 0 Å².